The molecule has 2 heterocycles. The molecule has 6 nitrogen and oxygen atoms in total. The van der Waals surface area contributed by atoms with Crippen molar-refractivity contribution < 1.29 is 18.7 Å². The summed E-state index contributed by atoms with van der Waals surface area (Å²) in [5, 5.41) is 2.97. The summed E-state index contributed by atoms with van der Waals surface area (Å²) in [6.07, 6.45) is -0.00190. The van der Waals surface area contributed by atoms with Crippen LogP contribution in [0.4, 0.5) is 14.9 Å². The molecule has 0 aliphatic carbocycles. The van der Waals surface area contributed by atoms with Gasteiger partial charge in [-0.2, -0.15) is 0 Å². The van der Waals surface area contributed by atoms with Gasteiger partial charge in [-0.15, -0.1) is 0 Å². The van der Waals surface area contributed by atoms with E-state index in [1.54, 1.807) is 21.9 Å². The fourth-order valence-electron chi connectivity index (χ4n) is 3.64. The number of nitrogens with one attached hydrogen (secondary N) is 1. The number of anilines is 1. The van der Waals surface area contributed by atoms with Gasteiger partial charge in [-0.25, -0.2) is 9.18 Å². The highest BCUT2D eigenvalue weighted by molar-refractivity contribution is 5.96. The molecule has 2 aliphatic heterocycles. The highest BCUT2D eigenvalue weighted by Crippen LogP contribution is 2.24. The van der Waals surface area contributed by atoms with E-state index in [0.29, 0.717) is 26.2 Å². The number of urea groups is 1. The molecular formula is C21H22FN3O3. The lowest BCUT2D eigenvalue weighted by molar-refractivity contribution is -0.117. The van der Waals surface area contributed by atoms with Gasteiger partial charge in [0.2, 0.25) is 5.91 Å². The molecule has 0 saturated carbocycles. The van der Waals surface area contributed by atoms with Gasteiger partial charge in [-0.05, 0) is 29.8 Å². The fourth-order valence-corrected chi connectivity index (χ4v) is 3.64. The van der Waals surface area contributed by atoms with Gasteiger partial charge in [0.05, 0.1) is 19.2 Å². The summed E-state index contributed by atoms with van der Waals surface area (Å²) in [7, 11) is 0. The summed E-state index contributed by atoms with van der Waals surface area (Å²) >= 11 is 0. The van der Waals surface area contributed by atoms with Crippen molar-refractivity contribution in [2.24, 2.45) is 0 Å². The number of ether oxygens (including phenoxy) is 1. The highest BCUT2D eigenvalue weighted by atomic mass is 19.1. The van der Waals surface area contributed by atoms with Gasteiger partial charge in [0.25, 0.3) is 0 Å². The number of benzene rings is 2. The molecule has 7 heteroatoms. The first-order chi connectivity index (χ1) is 13.6. The average molecular weight is 383 g/mol. The Balaban J connectivity index is 1.36. The van der Waals surface area contributed by atoms with E-state index in [2.05, 4.69) is 5.32 Å². The van der Waals surface area contributed by atoms with Crippen molar-refractivity contribution in [3.8, 4) is 0 Å². The second kappa shape index (κ2) is 7.98. The number of rotatable bonds is 3. The fraction of sp³-hybridized carbons (Fsp3) is 0.333. The van der Waals surface area contributed by atoms with E-state index in [-0.39, 0.29) is 36.3 Å². The van der Waals surface area contributed by atoms with Gasteiger partial charge in [-0.1, -0.05) is 30.3 Å². The van der Waals surface area contributed by atoms with Gasteiger partial charge in [0, 0.05) is 25.2 Å². The zero-order chi connectivity index (χ0) is 19.5. The number of hydrogen-bond acceptors (Lipinski definition) is 3. The molecule has 0 spiro atoms. The normalized spacial score (nSPS) is 22.4. The minimum Gasteiger partial charge on any atom is -0.370 e. The molecule has 2 saturated heterocycles. The Morgan fingerprint density at radius 3 is 2.57 bits per heavy atom. The van der Waals surface area contributed by atoms with Crippen LogP contribution in [0.5, 0.6) is 0 Å². The third-order valence-electron chi connectivity index (χ3n) is 5.12. The predicted molar refractivity (Wildman–Crippen MR) is 102 cm³/mol. The van der Waals surface area contributed by atoms with Crippen LogP contribution in [-0.4, -0.2) is 49.1 Å². The number of carbonyl (C=O) groups excluding carboxylic acids is 2. The molecule has 2 aromatic rings. The van der Waals surface area contributed by atoms with Crippen LogP contribution in [0.3, 0.4) is 0 Å². The zero-order valence-corrected chi connectivity index (χ0v) is 15.4. The van der Waals surface area contributed by atoms with Crippen molar-refractivity contribution in [1.82, 2.24) is 10.2 Å². The highest BCUT2D eigenvalue weighted by Gasteiger charge is 2.33. The minimum atomic E-state index is -0.303. The number of hydrogen-bond donors (Lipinski definition) is 1. The van der Waals surface area contributed by atoms with Gasteiger partial charge in [0.1, 0.15) is 11.9 Å². The zero-order valence-electron chi connectivity index (χ0n) is 15.4. The van der Waals surface area contributed by atoms with Crippen molar-refractivity contribution >= 4 is 17.6 Å². The minimum absolute atomic E-state index is 0.00247. The van der Waals surface area contributed by atoms with Crippen molar-refractivity contribution in [2.45, 2.75) is 18.6 Å². The maximum atomic E-state index is 13.1. The second-order valence-electron chi connectivity index (χ2n) is 7.05. The Morgan fingerprint density at radius 2 is 1.82 bits per heavy atom. The summed E-state index contributed by atoms with van der Waals surface area (Å²) in [4.78, 5) is 28.4. The van der Waals surface area contributed by atoms with Crippen LogP contribution >= 0.6 is 0 Å². The molecule has 2 fully saturated rings. The molecule has 2 atom stereocenters. The summed E-state index contributed by atoms with van der Waals surface area (Å²) in [5.41, 5.74) is 1.68. The van der Waals surface area contributed by atoms with Crippen molar-refractivity contribution in [3.05, 3.63) is 66.0 Å². The van der Waals surface area contributed by atoms with E-state index in [1.807, 2.05) is 30.3 Å². The molecule has 0 aromatic heterocycles. The topological polar surface area (TPSA) is 61.9 Å². The molecule has 2 aromatic carbocycles. The van der Waals surface area contributed by atoms with Crippen LogP contribution in [0.2, 0.25) is 0 Å². The average Bonchev–Trinajstić information content (AvgIpc) is 3.09. The quantitative estimate of drug-likeness (QED) is 0.887. The van der Waals surface area contributed by atoms with Gasteiger partial charge in [-0.3, -0.25) is 4.79 Å². The monoisotopic (exact) mass is 383 g/mol. The van der Waals surface area contributed by atoms with Crippen LogP contribution in [0, 0.1) is 5.82 Å². The van der Waals surface area contributed by atoms with Crippen LogP contribution in [0.25, 0.3) is 0 Å². The standard InChI is InChI=1S/C21H22FN3O3/c22-16-8-6-15(7-9-16)19-14-24(10-11-28-19)21(27)23-17-12-20(26)25(13-17)18-4-2-1-3-5-18/h1-9,17,19H,10-14H2,(H,23,27)/t17-,19+/m0/s1. The number of halogens is 1. The Bertz CT molecular complexity index is 844. The lowest BCUT2D eigenvalue weighted by atomic mass is 10.1. The number of amides is 3. The van der Waals surface area contributed by atoms with Crippen LogP contribution in [-0.2, 0) is 9.53 Å². The van der Waals surface area contributed by atoms with Crippen molar-refractivity contribution in [2.75, 3.05) is 31.1 Å². The smallest absolute Gasteiger partial charge is 0.317 e. The van der Waals surface area contributed by atoms with Gasteiger partial charge < -0.3 is 19.9 Å². The van der Waals surface area contributed by atoms with E-state index in [1.165, 1.54) is 12.1 Å². The van der Waals surface area contributed by atoms with Crippen LogP contribution in [0.15, 0.2) is 54.6 Å². The van der Waals surface area contributed by atoms with E-state index in [4.69, 9.17) is 4.74 Å². The predicted octanol–water partition coefficient (Wildman–Crippen LogP) is 2.71. The number of carbonyl (C=O) groups is 2. The number of nitrogens with zero attached hydrogens (tertiary/aromatic N) is 2. The lowest BCUT2D eigenvalue weighted by Crippen LogP contribution is -2.50. The Kier molecular flexibility index (Phi) is 5.25. The first kappa shape index (κ1) is 18.4. The Hall–Kier alpha value is -2.93. The molecule has 0 unspecified atom stereocenters. The number of morpholine rings is 1. The summed E-state index contributed by atoms with van der Waals surface area (Å²) < 4.78 is 18.9. The van der Waals surface area contributed by atoms with Crippen LogP contribution < -0.4 is 10.2 Å². The first-order valence-electron chi connectivity index (χ1n) is 9.38. The van der Waals surface area contributed by atoms with E-state index in [9.17, 15) is 14.0 Å². The summed E-state index contributed by atoms with van der Waals surface area (Å²) in [6, 6.07) is 15.1. The second-order valence-corrected chi connectivity index (χ2v) is 7.05. The van der Waals surface area contributed by atoms with Gasteiger partial charge >= 0.3 is 6.03 Å². The third-order valence-corrected chi connectivity index (χ3v) is 5.12. The summed E-state index contributed by atoms with van der Waals surface area (Å²) in [6.45, 7) is 1.74. The molecule has 28 heavy (non-hydrogen) atoms. The Labute approximate surface area is 162 Å². The van der Waals surface area contributed by atoms with Crippen LogP contribution in [0.1, 0.15) is 18.1 Å². The van der Waals surface area contributed by atoms with Crippen molar-refractivity contribution in [1.29, 1.82) is 0 Å². The molecule has 1 N–H and O–H groups in total. The van der Waals surface area contributed by atoms with Gasteiger partial charge in [0.15, 0.2) is 0 Å². The molecule has 0 bridgehead atoms. The molecule has 146 valence electrons. The largest absolute Gasteiger partial charge is 0.370 e. The van der Waals surface area contributed by atoms with Crippen molar-refractivity contribution in [3.63, 3.8) is 0 Å². The van der Waals surface area contributed by atoms with E-state index >= 15 is 0 Å². The molecule has 3 amide bonds. The first-order valence-corrected chi connectivity index (χ1v) is 9.38. The molecular weight excluding hydrogens is 361 g/mol. The third kappa shape index (κ3) is 3.99. The van der Waals surface area contributed by atoms with E-state index < -0.39 is 0 Å². The number of para-hydroxylation sites is 1. The molecule has 0 radical (unpaired) electrons. The Morgan fingerprint density at radius 1 is 1.07 bits per heavy atom. The maximum Gasteiger partial charge on any atom is 0.317 e. The molecule has 2 aliphatic rings. The molecule has 4 rings (SSSR count). The summed E-state index contributed by atoms with van der Waals surface area (Å²) in [5.74, 6) is -0.300. The SMILES string of the molecule is O=C(N[C@H]1CC(=O)N(c2ccccc2)C1)N1CCO[C@@H](c2ccc(F)cc2)C1. The lowest BCUT2D eigenvalue weighted by Gasteiger charge is -2.33. The van der Waals surface area contributed by atoms with E-state index in [0.717, 1.165) is 11.3 Å². The maximum absolute atomic E-state index is 13.1.